The zero-order chi connectivity index (χ0) is 10.7. The van der Waals surface area contributed by atoms with Gasteiger partial charge in [0, 0.05) is 0 Å². The Morgan fingerprint density at radius 1 is 1.60 bits per heavy atom. The van der Waals surface area contributed by atoms with Gasteiger partial charge in [0.2, 0.25) is 0 Å². The van der Waals surface area contributed by atoms with E-state index in [1.165, 1.54) is 25.7 Å². The molecule has 0 saturated heterocycles. The number of nitriles is 1. The van der Waals surface area contributed by atoms with E-state index in [0.29, 0.717) is 12.3 Å². The highest BCUT2D eigenvalue weighted by Crippen LogP contribution is 2.36. The monoisotopic (exact) mass is 267 g/mol. The van der Waals surface area contributed by atoms with Gasteiger partial charge in [-0.15, -0.1) is 0 Å². The van der Waals surface area contributed by atoms with Crippen molar-refractivity contribution in [2.75, 3.05) is 0 Å². The van der Waals surface area contributed by atoms with Gasteiger partial charge in [-0.3, -0.25) is 4.68 Å². The van der Waals surface area contributed by atoms with Crippen LogP contribution in [0.3, 0.4) is 0 Å². The van der Waals surface area contributed by atoms with Crippen LogP contribution < -0.4 is 0 Å². The average Bonchev–Trinajstić information content (AvgIpc) is 2.85. The van der Waals surface area contributed by atoms with E-state index in [1.807, 2.05) is 10.7 Å². The Balaban J connectivity index is 2.19. The van der Waals surface area contributed by atoms with Gasteiger partial charge in [-0.05, 0) is 40.8 Å². The summed E-state index contributed by atoms with van der Waals surface area (Å²) < 4.78 is 2.94. The Morgan fingerprint density at radius 2 is 2.33 bits per heavy atom. The first-order valence-corrected chi connectivity index (χ1v) is 6.18. The van der Waals surface area contributed by atoms with Crippen LogP contribution in [0.5, 0.6) is 0 Å². The summed E-state index contributed by atoms with van der Waals surface area (Å²) in [7, 11) is 0. The van der Waals surface area contributed by atoms with Crippen LogP contribution in [-0.4, -0.2) is 9.78 Å². The largest absolute Gasteiger partial charge is 0.254 e. The van der Waals surface area contributed by atoms with Crippen LogP contribution in [0.4, 0.5) is 0 Å². The van der Waals surface area contributed by atoms with Crippen molar-refractivity contribution in [3.8, 4) is 6.07 Å². The number of hydrogen-bond acceptors (Lipinski definition) is 2. The molecule has 0 radical (unpaired) electrons. The van der Waals surface area contributed by atoms with E-state index in [-0.39, 0.29) is 6.04 Å². The molecule has 1 heterocycles. The molecule has 0 spiro atoms. The molecule has 1 aromatic heterocycles. The zero-order valence-electron chi connectivity index (χ0n) is 8.56. The number of aromatic nitrogens is 2. The first-order chi connectivity index (χ1) is 7.33. The van der Waals surface area contributed by atoms with E-state index in [2.05, 4.69) is 27.1 Å². The third-order valence-electron chi connectivity index (χ3n) is 3.18. The minimum Gasteiger partial charge on any atom is -0.254 e. The van der Waals surface area contributed by atoms with Crippen molar-refractivity contribution >= 4 is 15.9 Å². The lowest BCUT2D eigenvalue weighted by molar-refractivity contribution is 0.310. The Bertz CT molecular complexity index is 360. The molecular weight excluding hydrogens is 254 g/mol. The van der Waals surface area contributed by atoms with Gasteiger partial charge in [-0.25, -0.2) is 0 Å². The SMILES string of the molecule is N#CCC(C1CCCC1)n1nccc1Br. The highest BCUT2D eigenvalue weighted by molar-refractivity contribution is 9.10. The van der Waals surface area contributed by atoms with Crippen molar-refractivity contribution in [2.45, 2.75) is 38.1 Å². The third-order valence-corrected chi connectivity index (χ3v) is 3.81. The van der Waals surface area contributed by atoms with Crippen LogP contribution in [0.2, 0.25) is 0 Å². The fourth-order valence-electron chi connectivity index (χ4n) is 2.43. The van der Waals surface area contributed by atoms with Crippen LogP contribution in [0.15, 0.2) is 16.9 Å². The van der Waals surface area contributed by atoms with E-state index >= 15 is 0 Å². The third kappa shape index (κ3) is 2.23. The van der Waals surface area contributed by atoms with E-state index in [0.717, 1.165) is 4.60 Å². The zero-order valence-corrected chi connectivity index (χ0v) is 10.2. The molecule has 1 atom stereocenters. The summed E-state index contributed by atoms with van der Waals surface area (Å²) in [6, 6.07) is 4.46. The summed E-state index contributed by atoms with van der Waals surface area (Å²) in [4.78, 5) is 0. The van der Waals surface area contributed by atoms with Gasteiger partial charge in [-0.1, -0.05) is 12.8 Å². The fraction of sp³-hybridized carbons (Fsp3) is 0.636. The van der Waals surface area contributed by atoms with Crippen molar-refractivity contribution < 1.29 is 0 Å². The van der Waals surface area contributed by atoms with Crippen molar-refractivity contribution in [1.29, 1.82) is 5.26 Å². The Hall–Kier alpha value is -0.820. The molecule has 0 amide bonds. The highest BCUT2D eigenvalue weighted by atomic mass is 79.9. The molecule has 1 aliphatic rings. The van der Waals surface area contributed by atoms with Crippen LogP contribution >= 0.6 is 15.9 Å². The maximum Gasteiger partial charge on any atom is 0.104 e. The first-order valence-electron chi connectivity index (χ1n) is 5.39. The lowest BCUT2D eigenvalue weighted by Crippen LogP contribution is -2.18. The lowest BCUT2D eigenvalue weighted by atomic mass is 9.96. The van der Waals surface area contributed by atoms with Crippen molar-refractivity contribution in [3.05, 3.63) is 16.9 Å². The second-order valence-electron chi connectivity index (χ2n) is 4.07. The Morgan fingerprint density at radius 3 is 2.87 bits per heavy atom. The molecule has 15 heavy (non-hydrogen) atoms. The van der Waals surface area contributed by atoms with Gasteiger partial charge >= 0.3 is 0 Å². The fourth-order valence-corrected chi connectivity index (χ4v) is 2.90. The molecule has 1 unspecified atom stereocenters. The summed E-state index contributed by atoms with van der Waals surface area (Å²) in [5, 5.41) is 13.2. The molecule has 0 bridgehead atoms. The first kappa shape index (κ1) is 10.7. The van der Waals surface area contributed by atoms with Crippen molar-refractivity contribution in [3.63, 3.8) is 0 Å². The molecule has 4 heteroatoms. The molecule has 2 rings (SSSR count). The summed E-state index contributed by atoms with van der Waals surface area (Å²) in [6.07, 6.45) is 7.41. The molecule has 80 valence electrons. The molecule has 3 nitrogen and oxygen atoms in total. The number of nitrogens with zero attached hydrogens (tertiary/aromatic N) is 3. The maximum absolute atomic E-state index is 8.88. The van der Waals surface area contributed by atoms with Gasteiger partial charge in [0.15, 0.2) is 0 Å². The second kappa shape index (κ2) is 4.80. The minimum absolute atomic E-state index is 0.252. The van der Waals surface area contributed by atoms with Gasteiger partial charge in [0.1, 0.15) is 4.60 Å². The minimum atomic E-state index is 0.252. The number of rotatable bonds is 3. The summed E-state index contributed by atoms with van der Waals surface area (Å²) in [5.41, 5.74) is 0. The molecule has 0 N–H and O–H groups in total. The number of hydrogen-bond donors (Lipinski definition) is 0. The molecular formula is C11H14BrN3. The predicted molar refractivity (Wildman–Crippen MR) is 61.2 cm³/mol. The van der Waals surface area contributed by atoms with Gasteiger partial charge in [0.25, 0.3) is 0 Å². The van der Waals surface area contributed by atoms with E-state index < -0.39 is 0 Å². The van der Waals surface area contributed by atoms with Gasteiger partial charge in [0.05, 0.1) is 24.7 Å². The van der Waals surface area contributed by atoms with Crippen molar-refractivity contribution in [1.82, 2.24) is 9.78 Å². The lowest BCUT2D eigenvalue weighted by Gasteiger charge is -2.22. The molecule has 0 aliphatic heterocycles. The average molecular weight is 268 g/mol. The summed E-state index contributed by atoms with van der Waals surface area (Å²) in [6.45, 7) is 0. The quantitative estimate of drug-likeness (QED) is 0.844. The van der Waals surface area contributed by atoms with Crippen LogP contribution in [0.25, 0.3) is 0 Å². The summed E-state index contributed by atoms with van der Waals surface area (Å²) >= 11 is 3.48. The molecule has 1 saturated carbocycles. The van der Waals surface area contributed by atoms with E-state index in [4.69, 9.17) is 5.26 Å². The summed E-state index contributed by atoms with van der Waals surface area (Å²) in [5.74, 6) is 0.626. The maximum atomic E-state index is 8.88. The molecule has 0 aromatic carbocycles. The van der Waals surface area contributed by atoms with Crippen LogP contribution in [-0.2, 0) is 0 Å². The Kier molecular flexibility index (Phi) is 3.42. The normalized spacial score (nSPS) is 18.9. The van der Waals surface area contributed by atoms with Crippen LogP contribution in [0.1, 0.15) is 38.1 Å². The van der Waals surface area contributed by atoms with Crippen molar-refractivity contribution in [2.24, 2.45) is 5.92 Å². The molecule has 1 aromatic rings. The number of halogens is 1. The molecule has 1 fully saturated rings. The van der Waals surface area contributed by atoms with E-state index in [9.17, 15) is 0 Å². The predicted octanol–water partition coefficient (Wildman–Crippen LogP) is 3.29. The van der Waals surface area contributed by atoms with Gasteiger partial charge < -0.3 is 0 Å². The topological polar surface area (TPSA) is 41.6 Å². The van der Waals surface area contributed by atoms with E-state index in [1.54, 1.807) is 6.20 Å². The smallest absolute Gasteiger partial charge is 0.104 e. The van der Waals surface area contributed by atoms with Gasteiger partial charge in [-0.2, -0.15) is 10.4 Å². The van der Waals surface area contributed by atoms with Crippen LogP contribution in [0, 0.1) is 17.2 Å². The highest BCUT2D eigenvalue weighted by Gasteiger charge is 2.27. The molecule has 1 aliphatic carbocycles. The second-order valence-corrected chi connectivity index (χ2v) is 4.89. The standard InChI is InChI=1S/C11H14BrN3/c12-11-6-8-14-15(11)10(5-7-13)9-3-1-2-4-9/h6,8-10H,1-5H2. The Labute approximate surface area is 98.2 Å².